The van der Waals surface area contributed by atoms with Crippen molar-refractivity contribution in [2.24, 2.45) is 0 Å². The van der Waals surface area contributed by atoms with Crippen LogP contribution in [0.3, 0.4) is 0 Å². The fourth-order valence-corrected chi connectivity index (χ4v) is 1.48. The molecule has 0 amide bonds. The Morgan fingerprint density at radius 2 is 1.94 bits per heavy atom. The lowest BCUT2D eigenvalue weighted by atomic mass is 10.3. The third kappa shape index (κ3) is 3.07. The molecule has 4 nitrogen and oxygen atoms in total. The highest BCUT2D eigenvalue weighted by atomic mass is 19.3. The number of nitrogens with one attached hydrogen (secondary N) is 1. The molecule has 0 saturated heterocycles. The standard InChI is InChI=1S/C11H12F2N4/c12-11(13)17-6-5-16-10(17)8-15-7-9-1-3-14-4-2-9/h1-6,11,15H,7-8H2. The first-order chi connectivity index (χ1) is 8.27. The van der Waals surface area contributed by atoms with Crippen molar-refractivity contribution in [3.05, 3.63) is 48.3 Å². The molecule has 0 fully saturated rings. The van der Waals surface area contributed by atoms with Gasteiger partial charge in [0.15, 0.2) is 0 Å². The SMILES string of the molecule is FC(F)n1ccnc1CNCc1ccncc1. The lowest BCUT2D eigenvalue weighted by Crippen LogP contribution is -2.17. The summed E-state index contributed by atoms with van der Waals surface area (Å²) in [7, 11) is 0. The third-order valence-electron chi connectivity index (χ3n) is 2.32. The van der Waals surface area contributed by atoms with Gasteiger partial charge >= 0.3 is 6.55 Å². The molecule has 0 saturated carbocycles. The van der Waals surface area contributed by atoms with E-state index < -0.39 is 6.55 Å². The summed E-state index contributed by atoms with van der Waals surface area (Å²) in [4.78, 5) is 7.77. The van der Waals surface area contributed by atoms with Gasteiger partial charge in [-0.05, 0) is 17.7 Å². The van der Waals surface area contributed by atoms with Gasteiger partial charge in [-0.3, -0.25) is 9.55 Å². The number of nitrogens with zero attached hydrogens (tertiary/aromatic N) is 3. The Bertz CT molecular complexity index is 456. The first-order valence-corrected chi connectivity index (χ1v) is 5.17. The topological polar surface area (TPSA) is 42.7 Å². The molecular formula is C11H12F2N4. The van der Waals surface area contributed by atoms with Crippen LogP contribution >= 0.6 is 0 Å². The van der Waals surface area contributed by atoms with Crippen molar-refractivity contribution in [3.63, 3.8) is 0 Å². The Labute approximate surface area is 97.3 Å². The summed E-state index contributed by atoms with van der Waals surface area (Å²) in [5.41, 5.74) is 1.05. The van der Waals surface area contributed by atoms with Gasteiger partial charge < -0.3 is 5.32 Å². The highest BCUT2D eigenvalue weighted by molar-refractivity contribution is 5.09. The second-order valence-electron chi connectivity index (χ2n) is 3.49. The van der Waals surface area contributed by atoms with Gasteiger partial charge in [-0.25, -0.2) is 4.98 Å². The monoisotopic (exact) mass is 238 g/mol. The Hall–Kier alpha value is -1.82. The molecule has 0 atom stereocenters. The molecule has 1 N–H and O–H groups in total. The normalized spacial score (nSPS) is 11.0. The summed E-state index contributed by atoms with van der Waals surface area (Å²) in [5.74, 6) is 0.328. The molecule has 90 valence electrons. The van der Waals surface area contributed by atoms with Crippen LogP contribution in [0.2, 0.25) is 0 Å². The van der Waals surface area contributed by atoms with Crippen LogP contribution in [0.25, 0.3) is 0 Å². The predicted octanol–water partition coefficient (Wildman–Crippen LogP) is 1.96. The van der Waals surface area contributed by atoms with Gasteiger partial charge in [0, 0.05) is 31.3 Å². The van der Waals surface area contributed by atoms with Crippen LogP contribution in [-0.2, 0) is 13.1 Å². The molecule has 0 aliphatic carbocycles. The lowest BCUT2D eigenvalue weighted by molar-refractivity contribution is 0.0666. The van der Waals surface area contributed by atoms with Crippen LogP contribution in [0.4, 0.5) is 8.78 Å². The maximum Gasteiger partial charge on any atom is 0.319 e. The highest BCUT2D eigenvalue weighted by Gasteiger charge is 2.10. The zero-order valence-corrected chi connectivity index (χ0v) is 9.05. The summed E-state index contributed by atoms with van der Waals surface area (Å²) in [6, 6.07) is 3.74. The van der Waals surface area contributed by atoms with Crippen molar-refractivity contribution >= 4 is 0 Å². The molecule has 2 aromatic heterocycles. The maximum absolute atomic E-state index is 12.5. The van der Waals surface area contributed by atoms with E-state index in [9.17, 15) is 8.78 Å². The Morgan fingerprint density at radius 3 is 2.65 bits per heavy atom. The largest absolute Gasteiger partial charge is 0.319 e. The van der Waals surface area contributed by atoms with Crippen LogP contribution in [0.1, 0.15) is 17.9 Å². The number of hydrogen-bond donors (Lipinski definition) is 1. The fraction of sp³-hybridized carbons (Fsp3) is 0.273. The van der Waals surface area contributed by atoms with Crippen molar-refractivity contribution in [1.82, 2.24) is 19.9 Å². The smallest absolute Gasteiger partial charge is 0.306 e. The minimum atomic E-state index is -2.55. The number of aromatic nitrogens is 3. The number of hydrogen-bond acceptors (Lipinski definition) is 3. The molecule has 2 heterocycles. The number of rotatable bonds is 5. The van der Waals surface area contributed by atoms with Crippen LogP contribution in [-0.4, -0.2) is 14.5 Å². The number of pyridine rings is 1. The van der Waals surface area contributed by atoms with E-state index in [-0.39, 0.29) is 0 Å². The van der Waals surface area contributed by atoms with E-state index in [2.05, 4.69) is 15.3 Å². The summed E-state index contributed by atoms with van der Waals surface area (Å²) in [6.45, 7) is -1.65. The average Bonchev–Trinajstić information content (AvgIpc) is 2.79. The lowest BCUT2D eigenvalue weighted by Gasteiger charge is -2.07. The molecule has 17 heavy (non-hydrogen) atoms. The van der Waals surface area contributed by atoms with Crippen molar-refractivity contribution in [1.29, 1.82) is 0 Å². The predicted molar refractivity (Wildman–Crippen MR) is 58.3 cm³/mol. The van der Waals surface area contributed by atoms with Crippen LogP contribution in [0, 0.1) is 0 Å². The minimum Gasteiger partial charge on any atom is -0.306 e. The van der Waals surface area contributed by atoms with Crippen molar-refractivity contribution in [2.45, 2.75) is 19.6 Å². The average molecular weight is 238 g/mol. The number of halogens is 2. The van der Waals surface area contributed by atoms with E-state index >= 15 is 0 Å². The Morgan fingerprint density at radius 1 is 1.18 bits per heavy atom. The van der Waals surface area contributed by atoms with Crippen molar-refractivity contribution in [3.8, 4) is 0 Å². The molecule has 0 aliphatic rings. The quantitative estimate of drug-likeness (QED) is 0.865. The van der Waals surface area contributed by atoms with E-state index in [1.807, 2.05) is 12.1 Å². The van der Waals surface area contributed by atoms with E-state index in [0.717, 1.165) is 10.1 Å². The molecule has 0 unspecified atom stereocenters. The second kappa shape index (κ2) is 5.49. The zero-order valence-electron chi connectivity index (χ0n) is 9.05. The first kappa shape index (κ1) is 11.7. The van der Waals surface area contributed by atoms with Gasteiger partial charge in [0.2, 0.25) is 0 Å². The van der Waals surface area contributed by atoms with E-state index in [1.54, 1.807) is 12.4 Å². The molecular weight excluding hydrogens is 226 g/mol. The van der Waals surface area contributed by atoms with Gasteiger partial charge in [0.05, 0.1) is 6.54 Å². The molecule has 0 spiro atoms. The molecule has 0 aromatic carbocycles. The van der Waals surface area contributed by atoms with Crippen LogP contribution in [0.5, 0.6) is 0 Å². The molecule has 0 aliphatic heterocycles. The zero-order chi connectivity index (χ0) is 12.1. The van der Waals surface area contributed by atoms with E-state index in [0.29, 0.717) is 18.9 Å². The molecule has 0 radical (unpaired) electrons. The summed E-state index contributed by atoms with van der Waals surface area (Å²) in [6.07, 6.45) is 6.03. The number of alkyl halides is 2. The van der Waals surface area contributed by atoms with E-state index in [1.165, 1.54) is 12.4 Å². The maximum atomic E-state index is 12.5. The van der Waals surface area contributed by atoms with Gasteiger partial charge in [0.1, 0.15) is 5.82 Å². The van der Waals surface area contributed by atoms with Crippen molar-refractivity contribution < 1.29 is 8.78 Å². The fourth-order valence-electron chi connectivity index (χ4n) is 1.48. The summed E-state index contributed by atoms with van der Waals surface area (Å²) >= 11 is 0. The van der Waals surface area contributed by atoms with Crippen molar-refractivity contribution in [2.75, 3.05) is 0 Å². The van der Waals surface area contributed by atoms with Gasteiger partial charge in [-0.1, -0.05) is 0 Å². The summed E-state index contributed by atoms with van der Waals surface area (Å²) < 4.78 is 25.8. The van der Waals surface area contributed by atoms with Crippen LogP contribution in [0.15, 0.2) is 36.9 Å². The molecule has 0 bridgehead atoms. The molecule has 2 rings (SSSR count). The Kier molecular flexibility index (Phi) is 3.77. The van der Waals surface area contributed by atoms with Gasteiger partial charge in [-0.15, -0.1) is 0 Å². The molecule has 6 heteroatoms. The van der Waals surface area contributed by atoms with Gasteiger partial charge in [0.25, 0.3) is 0 Å². The molecule has 2 aromatic rings. The first-order valence-electron chi connectivity index (χ1n) is 5.17. The number of imidazole rings is 1. The van der Waals surface area contributed by atoms with Gasteiger partial charge in [-0.2, -0.15) is 8.78 Å². The summed E-state index contributed by atoms with van der Waals surface area (Å²) in [5, 5.41) is 3.05. The third-order valence-corrected chi connectivity index (χ3v) is 2.32. The second-order valence-corrected chi connectivity index (χ2v) is 3.49. The van der Waals surface area contributed by atoms with Crippen LogP contribution < -0.4 is 5.32 Å². The highest BCUT2D eigenvalue weighted by Crippen LogP contribution is 2.12. The minimum absolute atomic E-state index is 0.305. The Balaban J connectivity index is 1.88. The van der Waals surface area contributed by atoms with E-state index in [4.69, 9.17) is 0 Å².